The molecule has 4 N–H and O–H groups in total. The van der Waals surface area contributed by atoms with Gasteiger partial charge in [0.25, 0.3) is 0 Å². The molecule has 0 fully saturated rings. The number of nitrogens with two attached hydrogens (primary N) is 1. The van der Waals surface area contributed by atoms with Gasteiger partial charge in [0.2, 0.25) is 0 Å². The molecule has 14 heavy (non-hydrogen) atoms. The normalized spacial score (nSPS) is 12.4. The minimum atomic E-state index is -1.17. The van der Waals surface area contributed by atoms with Crippen molar-refractivity contribution in [2.75, 3.05) is 0 Å². The highest BCUT2D eigenvalue weighted by atomic mass is 16.6. The number of aromatic amines is 1. The maximum absolute atomic E-state index is 10.3. The third kappa shape index (κ3) is 2.26. The van der Waals surface area contributed by atoms with Crippen LogP contribution in [0.15, 0.2) is 6.20 Å². The highest BCUT2D eigenvalue weighted by molar-refractivity contribution is 5.73. The molecule has 76 valence electrons. The van der Waals surface area contributed by atoms with Gasteiger partial charge in [0.15, 0.2) is 5.69 Å². The smallest absolute Gasteiger partial charge is 0.432 e. The summed E-state index contributed by atoms with van der Waals surface area (Å²) in [5.41, 5.74) is 5.47. The van der Waals surface area contributed by atoms with E-state index in [0.29, 0.717) is 0 Å². The van der Waals surface area contributed by atoms with Crippen LogP contribution in [0.5, 0.6) is 0 Å². The largest absolute Gasteiger partial charge is 0.480 e. The molecule has 0 saturated carbocycles. The van der Waals surface area contributed by atoms with Gasteiger partial charge in [0, 0.05) is 6.42 Å². The Hall–Kier alpha value is -1.96. The SMILES string of the molecule is N[C@@H](Cc1c[nH]c([N+](=O)[O-])n1)C(=O)O. The number of carboxylic acids is 1. The van der Waals surface area contributed by atoms with Gasteiger partial charge in [-0.3, -0.25) is 4.79 Å². The van der Waals surface area contributed by atoms with Gasteiger partial charge in [0.05, 0.1) is 0 Å². The highest BCUT2D eigenvalue weighted by Crippen LogP contribution is 2.06. The summed E-state index contributed by atoms with van der Waals surface area (Å²) < 4.78 is 0. The second-order valence-corrected chi connectivity index (χ2v) is 2.62. The number of nitrogens with one attached hydrogen (secondary N) is 1. The number of hydrogen-bond donors (Lipinski definition) is 3. The van der Waals surface area contributed by atoms with Gasteiger partial charge in [-0.05, 0) is 4.92 Å². The number of nitro groups is 1. The lowest BCUT2D eigenvalue weighted by Gasteiger charge is -1.99. The average molecular weight is 200 g/mol. The van der Waals surface area contributed by atoms with Gasteiger partial charge in [-0.2, -0.15) is 0 Å². The van der Waals surface area contributed by atoms with Crippen LogP contribution in [-0.2, 0) is 11.2 Å². The minimum absolute atomic E-state index is 0.0420. The van der Waals surface area contributed by atoms with E-state index in [1.807, 2.05) is 0 Å². The van der Waals surface area contributed by atoms with Gasteiger partial charge in [-0.25, -0.2) is 4.98 Å². The Morgan fingerprint density at radius 1 is 1.86 bits per heavy atom. The van der Waals surface area contributed by atoms with Crippen molar-refractivity contribution < 1.29 is 14.8 Å². The summed E-state index contributed by atoms with van der Waals surface area (Å²) in [7, 11) is 0. The lowest BCUT2D eigenvalue weighted by molar-refractivity contribution is -0.393. The van der Waals surface area contributed by atoms with Crippen LogP contribution in [0.3, 0.4) is 0 Å². The summed E-state index contributed by atoms with van der Waals surface area (Å²) in [6, 6.07) is -1.10. The number of imidazole rings is 1. The molecule has 0 unspecified atom stereocenters. The zero-order valence-electron chi connectivity index (χ0n) is 7.01. The van der Waals surface area contributed by atoms with E-state index in [1.165, 1.54) is 6.20 Å². The van der Waals surface area contributed by atoms with Crippen molar-refractivity contribution in [3.8, 4) is 0 Å². The summed E-state index contributed by atoms with van der Waals surface area (Å²) in [5.74, 6) is -1.59. The predicted molar refractivity (Wildman–Crippen MR) is 44.6 cm³/mol. The van der Waals surface area contributed by atoms with Crippen LogP contribution in [-0.4, -0.2) is 32.0 Å². The van der Waals surface area contributed by atoms with E-state index in [-0.39, 0.29) is 12.1 Å². The van der Waals surface area contributed by atoms with Gasteiger partial charge in [0.1, 0.15) is 12.2 Å². The van der Waals surface area contributed by atoms with Crippen LogP contribution in [0.4, 0.5) is 5.95 Å². The van der Waals surface area contributed by atoms with Crippen molar-refractivity contribution in [1.82, 2.24) is 9.97 Å². The molecule has 8 nitrogen and oxygen atoms in total. The van der Waals surface area contributed by atoms with E-state index in [4.69, 9.17) is 10.8 Å². The lowest BCUT2D eigenvalue weighted by Crippen LogP contribution is -2.32. The molecule has 0 radical (unpaired) electrons. The third-order valence-corrected chi connectivity index (χ3v) is 1.54. The molecule has 1 rings (SSSR count). The number of carboxylic acid groups (broad SMARTS) is 1. The minimum Gasteiger partial charge on any atom is -0.480 e. The first-order chi connectivity index (χ1) is 6.50. The first-order valence-corrected chi connectivity index (χ1v) is 3.67. The quantitative estimate of drug-likeness (QED) is 0.433. The molecule has 0 saturated heterocycles. The van der Waals surface area contributed by atoms with Gasteiger partial charge in [-0.1, -0.05) is 4.98 Å². The van der Waals surface area contributed by atoms with E-state index >= 15 is 0 Å². The maximum Gasteiger partial charge on any atom is 0.432 e. The Labute approximate surface area is 77.9 Å². The van der Waals surface area contributed by atoms with Crippen LogP contribution in [0.2, 0.25) is 0 Å². The monoisotopic (exact) mass is 200 g/mol. The topological polar surface area (TPSA) is 135 Å². The molecule has 1 atom stereocenters. The fourth-order valence-electron chi connectivity index (χ4n) is 0.859. The van der Waals surface area contributed by atoms with Crippen LogP contribution >= 0.6 is 0 Å². The molecule has 0 spiro atoms. The lowest BCUT2D eigenvalue weighted by atomic mass is 10.2. The molecule has 0 aliphatic heterocycles. The van der Waals surface area contributed by atoms with E-state index in [9.17, 15) is 14.9 Å². The number of nitrogens with zero attached hydrogens (tertiary/aromatic N) is 2. The summed E-state index contributed by atoms with van der Waals surface area (Å²) >= 11 is 0. The standard InChI is InChI=1S/C6H8N4O4/c7-4(5(11)12)1-3-2-8-6(9-3)10(13)14/h2,4H,1,7H2,(H,8,9)(H,11,12)/t4-/m0/s1. The Morgan fingerprint density at radius 2 is 2.50 bits per heavy atom. The first kappa shape index (κ1) is 10.1. The van der Waals surface area contributed by atoms with Crippen molar-refractivity contribution in [3.05, 3.63) is 22.0 Å². The molecule has 1 aromatic rings. The van der Waals surface area contributed by atoms with Crippen LogP contribution < -0.4 is 5.73 Å². The molecular weight excluding hydrogens is 192 g/mol. The second-order valence-electron chi connectivity index (χ2n) is 2.62. The van der Waals surface area contributed by atoms with Crippen molar-refractivity contribution in [2.45, 2.75) is 12.5 Å². The average Bonchev–Trinajstić information content (AvgIpc) is 2.52. The molecule has 8 heteroatoms. The fraction of sp³-hybridized carbons (Fsp3) is 0.333. The summed E-state index contributed by atoms with van der Waals surface area (Å²) in [6.45, 7) is 0. The molecule has 1 aromatic heterocycles. The van der Waals surface area contributed by atoms with Crippen LogP contribution in [0.1, 0.15) is 5.69 Å². The van der Waals surface area contributed by atoms with Crippen molar-refractivity contribution in [2.24, 2.45) is 5.73 Å². The highest BCUT2D eigenvalue weighted by Gasteiger charge is 2.18. The molecule has 0 aromatic carbocycles. The molecule has 0 aliphatic carbocycles. The van der Waals surface area contributed by atoms with Crippen molar-refractivity contribution in [3.63, 3.8) is 0 Å². The van der Waals surface area contributed by atoms with E-state index in [2.05, 4.69) is 9.97 Å². The van der Waals surface area contributed by atoms with Crippen molar-refractivity contribution >= 4 is 11.9 Å². The summed E-state index contributed by atoms with van der Waals surface area (Å²) in [6.07, 6.45) is 1.22. The molecular formula is C6H8N4O4. The van der Waals surface area contributed by atoms with Crippen LogP contribution in [0, 0.1) is 10.1 Å². The number of aliphatic carboxylic acids is 1. The number of rotatable bonds is 4. The van der Waals surface area contributed by atoms with E-state index in [0.717, 1.165) is 0 Å². The maximum atomic E-state index is 10.3. The fourth-order valence-corrected chi connectivity index (χ4v) is 0.859. The number of H-pyrrole nitrogens is 1. The Morgan fingerprint density at radius 3 is 2.93 bits per heavy atom. The zero-order valence-corrected chi connectivity index (χ0v) is 7.01. The number of hydrogen-bond acceptors (Lipinski definition) is 5. The van der Waals surface area contributed by atoms with Gasteiger partial charge < -0.3 is 21.0 Å². The Bertz CT molecular complexity index is 360. The molecule has 0 bridgehead atoms. The predicted octanol–water partition coefficient (Wildman–Crippen LogP) is -0.728. The molecule has 0 aliphatic rings. The number of aromatic nitrogens is 2. The second kappa shape index (κ2) is 3.83. The van der Waals surface area contributed by atoms with Crippen molar-refractivity contribution in [1.29, 1.82) is 0 Å². The van der Waals surface area contributed by atoms with E-state index < -0.39 is 22.9 Å². The molecule has 0 amide bonds. The van der Waals surface area contributed by atoms with E-state index in [1.54, 1.807) is 0 Å². The first-order valence-electron chi connectivity index (χ1n) is 3.67. The van der Waals surface area contributed by atoms with Crippen LogP contribution in [0.25, 0.3) is 0 Å². The zero-order chi connectivity index (χ0) is 10.7. The Kier molecular flexibility index (Phi) is 2.77. The Balaban J connectivity index is 2.69. The molecule has 1 heterocycles. The third-order valence-electron chi connectivity index (χ3n) is 1.54. The summed E-state index contributed by atoms with van der Waals surface area (Å²) in [5, 5.41) is 18.7. The van der Waals surface area contributed by atoms with Gasteiger partial charge in [-0.15, -0.1) is 0 Å². The number of carbonyl (C=O) groups is 1. The van der Waals surface area contributed by atoms with Gasteiger partial charge >= 0.3 is 11.9 Å². The summed E-state index contributed by atoms with van der Waals surface area (Å²) in [4.78, 5) is 25.7.